The number of Topliss-reactive ketones (excluding diaryl/α,β-unsaturated/α-hetero) is 1. The summed E-state index contributed by atoms with van der Waals surface area (Å²) in [6, 6.07) is 12.1. The summed E-state index contributed by atoms with van der Waals surface area (Å²) in [5.74, 6) is -0.0171. The maximum Gasteiger partial charge on any atom is 0.269 e. The number of benzene rings is 2. The molecule has 0 bridgehead atoms. The lowest BCUT2D eigenvalue weighted by molar-refractivity contribution is -0.384. The van der Waals surface area contributed by atoms with E-state index in [1.165, 1.54) is 12.1 Å². The van der Waals surface area contributed by atoms with Gasteiger partial charge < -0.3 is 9.80 Å². The minimum absolute atomic E-state index is 0.00836. The zero-order chi connectivity index (χ0) is 21.0. The molecule has 29 heavy (non-hydrogen) atoms. The lowest BCUT2D eigenvalue weighted by Crippen LogP contribution is -2.48. The fraction of sp³-hybridized carbons (Fsp3) is 0.364. The molecule has 0 unspecified atom stereocenters. The van der Waals surface area contributed by atoms with E-state index in [0.29, 0.717) is 31.7 Å². The SMILES string of the molecule is Cc1ccc(C(=O)CCC(=O)N2CCN(c3ccc([N+](=O)[O-])cc3)CC2)cc1C. The van der Waals surface area contributed by atoms with Gasteiger partial charge in [0.1, 0.15) is 0 Å². The van der Waals surface area contributed by atoms with Crippen molar-refractivity contribution >= 4 is 23.1 Å². The number of amides is 1. The quantitative estimate of drug-likeness (QED) is 0.424. The number of carbonyl (C=O) groups is 2. The number of hydrogen-bond donors (Lipinski definition) is 0. The fourth-order valence-corrected chi connectivity index (χ4v) is 3.44. The van der Waals surface area contributed by atoms with Crippen LogP contribution in [0, 0.1) is 24.0 Å². The van der Waals surface area contributed by atoms with Gasteiger partial charge in [-0.25, -0.2) is 0 Å². The maximum absolute atomic E-state index is 12.5. The summed E-state index contributed by atoms with van der Waals surface area (Å²) in [6.45, 7) is 6.45. The van der Waals surface area contributed by atoms with Crippen LogP contribution in [-0.2, 0) is 4.79 Å². The minimum Gasteiger partial charge on any atom is -0.368 e. The van der Waals surface area contributed by atoms with Crippen molar-refractivity contribution in [2.75, 3.05) is 31.1 Å². The fourth-order valence-electron chi connectivity index (χ4n) is 3.44. The van der Waals surface area contributed by atoms with Gasteiger partial charge in [0.15, 0.2) is 5.78 Å². The molecule has 1 aliphatic heterocycles. The first kappa shape index (κ1) is 20.5. The lowest BCUT2D eigenvalue weighted by Gasteiger charge is -2.36. The largest absolute Gasteiger partial charge is 0.368 e. The van der Waals surface area contributed by atoms with Crippen molar-refractivity contribution in [3.8, 4) is 0 Å². The van der Waals surface area contributed by atoms with Crippen molar-refractivity contribution in [2.24, 2.45) is 0 Å². The molecule has 0 atom stereocenters. The van der Waals surface area contributed by atoms with E-state index in [0.717, 1.165) is 16.8 Å². The zero-order valence-electron chi connectivity index (χ0n) is 16.8. The molecular formula is C22H25N3O4. The average Bonchev–Trinajstić information content (AvgIpc) is 2.74. The molecule has 7 heteroatoms. The first-order chi connectivity index (χ1) is 13.8. The third kappa shape index (κ3) is 4.99. The zero-order valence-corrected chi connectivity index (χ0v) is 16.8. The molecule has 0 aromatic heterocycles. The number of aryl methyl sites for hydroxylation is 2. The topological polar surface area (TPSA) is 83.8 Å². The van der Waals surface area contributed by atoms with Crippen LogP contribution in [0.25, 0.3) is 0 Å². The van der Waals surface area contributed by atoms with Crippen molar-refractivity contribution in [3.05, 3.63) is 69.3 Å². The number of nitro benzene ring substituents is 1. The first-order valence-electron chi connectivity index (χ1n) is 9.73. The van der Waals surface area contributed by atoms with Crippen LogP contribution in [-0.4, -0.2) is 47.7 Å². The van der Waals surface area contributed by atoms with Gasteiger partial charge in [-0.1, -0.05) is 12.1 Å². The van der Waals surface area contributed by atoms with Crippen LogP contribution < -0.4 is 4.90 Å². The average molecular weight is 395 g/mol. The second-order valence-corrected chi connectivity index (χ2v) is 7.36. The number of ketones is 1. The molecule has 1 heterocycles. The third-order valence-corrected chi connectivity index (χ3v) is 5.45. The van der Waals surface area contributed by atoms with Gasteiger partial charge in [-0.15, -0.1) is 0 Å². The highest BCUT2D eigenvalue weighted by molar-refractivity contribution is 5.98. The number of nitrogens with zero attached hydrogens (tertiary/aromatic N) is 3. The molecule has 3 rings (SSSR count). The standard InChI is InChI=1S/C22H25N3O4/c1-16-3-4-18(15-17(16)2)21(26)9-10-22(27)24-13-11-23(12-14-24)19-5-7-20(8-6-19)25(28)29/h3-8,15H,9-14H2,1-2H3. The van der Waals surface area contributed by atoms with E-state index in [1.807, 2.05) is 32.0 Å². The van der Waals surface area contributed by atoms with E-state index in [9.17, 15) is 19.7 Å². The summed E-state index contributed by atoms with van der Waals surface area (Å²) < 4.78 is 0. The summed E-state index contributed by atoms with van der Waals surface area (Å²) in [5.41, 5.74) is 3.85. The Morgan fingerprint density at radius 3 is 2.17 bits per heavy atom. The van der Waals surface area contributed by atoms with Crippen molar-refractivity contribution in [2.45, 2.75) is 26.7 Å². The van der Waals surface area contributed by atoms with Gasteiger partial charge in [0, 0.05) is 62.4 Å². The van der Waals surface area contributed by atoms with E-state index < -0.39 is 4.92 Å². The second kappa shape index (κ2) is 8.86. The summed E-state index contributed by atoms with van der Waals surface area (Å²) in [7, 11) is 0. The van der Waals surface area contributed by atoms with E-state index in [1.54, 1.807) is 17.0 Å². The van der Waals surface area contributed by atoms with E-state index >= 15 is 0 Å². The number of rotatable bonds is 6. The molecular weight excluding hydrogens is 370 g/mol. The van der Waals surface area contributed by atoms with Crippen LogP contribution in [0.3, 0.4) is 0 Å². The number of carbonyl (C=O) groups excluding carboxylic acids is 2. The molecule has 7 nitrogen and oxygen atoms in total. The number of non-ortho nitro benzene ring substituents is 1. The molecule has 0 spiro atoms. The lowest BCUT2D eigenvalue weighted by atomic mass is 10.0. The highest BCUT2D eigenvalue weighted by Gasteiger charge is 2.22. The molecule has 1 amide bonds. The van der Waals surface area contributed by atoms with Gasteiger partial charge in [-0.2, -0.15) is 0 Å². The monoisotopic (exact) mass is 395 g/mol. The molecule has 1 saturated heterocycles. The van der Waals surface area contributed by atoms with Crippen LogP contribution in [0.2, 0.25) is 0 Å². The van der Waals surface area contributed by atoms with E-state index in [2.05, 4.69) is 4.90 Å². The molecule has 2 aromatic rings. The van der Waals surface area contributed by atoms with Crippen LogP contribution >= 0.6 is 0 Å². The smallest absolute Gasteiger partial charge is 0.269 e. The molecule has 152 valence electrons. The van der Waals surface area contributed by atoms with Crippen molar-refractivity contribution in [1.82, 2.24) is 4.90 Å². The van der Waals surface area contributed by atoms with Gasteiger partial charge in [0.2, 0.25) is 5.91 Å². The van der Waals surface area contributed by atoms with E-state index in [4.69, 9.17) is 0 Å². The summed E-state index contributed by atoms with van der Waals surface area (Å²) in [6.07, 6.45) is 0.424. The Morgan fingerprint density at radius 1 is 0.931 bits per heavy atom. The van der Waals surface area contributed by atoms with Crippen LogP contribution in [0.1, 0.15) is 34.3 Å². The predicted molar refractivity (Wildman–Crippen MR) is 111 cm³/mol. The number of anilines is 1. The summed E-state index contributed by atoms with van der Waals surface area (Å²) in [5, 5.41) is 10.8. The Balaban J connectivity index is 1.49. The Labute approximate surface area is 170 Å². The molecule has 1 aliphatic rings. The Morgan fingerprint density at radius 2 is 1.59 bits per heavy atom. The van der Waals surface area contributed by atoms with Crippen molar-refractivity contribution < 1.29 is 14.5 Å². The highest BCUT2D eigenvalue weighted by Crippen LogP contribution is 2.21. The van der Waals surface area contributed by atoms with Gasteiger partial charge >= 0.3 is 0 Å². The van der Waals surface area contributed by atoms with Gasteiger partial charge in [-0.05, 0) is 43.2 Å². The van der Waals surface area contributed by atoms with Gasteiger partial charge in [0.05, 0.1) is 4.92 Å². The minimum atomic E-state index is -0.417. The third-order valence-electron chi connectivity index (χ3n) is 5.45. The normalized spacial score (nSPS) is 14.0. The van der Waals surface area contributed by atoms with Crippen LogP contribution in [0.4, 0.5) is 11.4 Å². The molecule has 0 N–H and O–H groups in total. The number of nitro groups is 1. The molecule has 0 saturated carbocycles. The molecule has 1 fully saturated rings. The van der Waals surface area contributed by atoms with Gasteiger partial charge in [-0.3, -0.25) is 19.7 Å². The summed E-state index contributed by atoms with van der Waals surface area (Å²) in [4.78, 5) is 39.1. The molecule has 2 aromatic carbocycles. The Kier molecular flexibility index (Phi) is 6.26. The summed E-state index contributed by atoms with van der Waals surface area (Å²) >= 11 is 0. The molecule has 0 radical (unpaired) electrons. The van der Waals surface area contributed by atoms with Crippen molar-refractivity contribution in [3.63, 3.8) is 0 Å². The predicted octanol–water partition coefficient (Wildman–Crippen LogP) is 3.52. The maximum atomic E-state index is 12.5. The van der Waals surface area contributed by atoms with Crippen LogP contribution in [0.15, 0.2) is 42.5 Å². The molecule has 0 aliphatic carbocycles. The van der Waals surface area contributed by atoms with Gasteiger partial charge in [0.25, 0.3) is 5.69 Å². The highest BCUT2D eigenvalue weighted by atomic mass is 16.6. The Hall–Kier alpha value is -3.22. The number of piperazine rings is 1. The van der Waals surface area contributed by atoms with Crippen molar-refractivity contribution in [1.29, 1.82) is 0 Å². The van der Waals surface area contributed by atoms with Crippen LogP contribution in [0.5, 0.6) is 0 Å². The first-order valence-corrected chi connectivity index (χ1v) is 9.73. The second-order valence-electron chi connectivity index (χ2n) is 7.36. The van der Waals surface area contributed by atoms with E-state index in [-0.39, 0.29) is 30.2 Å². The number of hydrogen-bond acceptors (Lipinski definition) is 5. The Bertz CT molecular complexity index is 916.